The Labute approximate surface area is 151 Å². The van der Waals surface area contributed by atoms with E-state index in [1.54, 1.807) is 11.8 Å². The van der Waals surface area contributed by atoms with E-state index < -0.39 is 0 Å². The van der Waals surface area contributed by atoms with E-state index in [4.69, 9.17) is 11.6 Å². The smallest absolute Gasteiger partial charge is 0.223 e. The van der Waals surface area contributed by atoms with Gasteiger partial charge in [0.05, 0.1) is 10.3 Å². The summed E-state index contributed by atoms with van der Waals surface area (Å²) in [5.41, 5.74) is 2.67. The minimum atomic E-state index is -0.228. The maximum atomic E-state index is 12.7. The summed E-state index contributed by atoms with van der Waals surface area (Å²) in [5.74, 6) is 0.111. The third kappa shape index (κ3) is 3.35. The molecule has 1 amide bonds. The van der Waals surface area contributed by atoms with E-state index in [0.29, 0.717) is 17.1 Å². The number of ketones is 1. The summed E-state index contributed by atoms with van der Waals surface area (Å²) in [6.07, 6.45) is 0.794. The topological polar surface area (TPSA) is 37.4 Å². The second-order valence-electron chi connectivity index (χ2n) is 5.82. The van der Waals surface area contributed by atoms with Crippen molar-refractivity contribution in [2.75, 3.05) is 11.4 Å². The summed E-state index contributed by atoms with van der Waals surface area (Å²) in [7, 11) is 0. The van der Waals surface area contributed by atoms with Crippen LogP contribution in [0, 0.1) is 0 Å². The van der Waals surface area contributed by atoms with Gasteiger partial charge >= 0.3 is 0 Å². The van der Waals surface area contributed by atoms with Gasteiger partial charge in [0, 0.05) is 29.6 Å². The minimum Gasteiger partial charge on any atom is -0.312 e. The van der Waals surface area contributed by atoms with Crippen LogP contribution >= 0.6 is 23.4 Å². The molecule has 0 fully saturated rings. The van der Waals surface area contributed by atoms with Crippen LogP contribution in [0.1, 0.15) is 29.8 Å². The third-order valence-corrected chi connectivity index (χ3v) is 5.77. The highest BCUT2D eigenvalue weighted by molar-refractivity contribution is 8.00. The Bertz CT molecular complexity index is 806. The summed E-state index contributed by atoms with van der Waals surface area (Å²) < 4.78 is 0. The standard InChI is InChI=1S/C19H18ClNO2S/c1-12(24-18-6-4-3-5-16(18)20)19(23)15-7-8-17-14(11-15)9-10-21(17)13(2)22/h3-8,11-12H,9-10H2,1-2H3/t12-/m0/s1. The number of halogens is 1. The van der Waals surface area contributed by atoms with Gasteiger partial charge in [-0.25, -0.2) is 0 Å². The van der Waals surface area contributed by atoms with E-state index in [-0.39, 0.29) is 16.9 Å². The van der Waals surface area contributed by atoms with Crippen molar-refractivity contribution in [3.05, 3.63) is 58.6 Å². The molecule has 2 aromatic carbocycles. The number of benzene rings is 2. The van der Waals surface area contributed by atoms with Crippen LogP contribution in [-0.2, 0) is 11.2 Å². The molecule has 3 nitrogen and oxygen atoms in total. The maximum absolute atomic E-state index is 12.7. The molecule has 0 N–H and O–H groups in total. The number of hydrogen-bond acceptors (Lipinski definition) is 3. The number of hydrogen-bond donors (Lipinski definition) is 0. The summed E-state index contributed by atoms with van der Waals surface area (Å²) >= 11 is 7.64. The molecule has 0 unspecified atom stereocenters. The van der Waals surface area contributed by atoms with Crippen LogP contribution in [0.15, 0.2) is 47.4 Å². The first-order chi connectivity index (χ1) is 11.5. The quantitative estimate of drug-likeness (QED) is 0.590. The zero-order valence-electron chi connectivity index (χ0n) is 13.6. The van der Waals surface area contributed by atoms with E-state index in [2.05, 4.69) is 0 Å². The number of carbonyl (C=O) groups excluding carboxylic acids is 2. The van der Waals surface area contributed by atoms with Crippen molar-refractivity contribution in [2.24, 2.45) is 0 Å². The van der Waals surface area contributed by atoms with Crippen LogP contribution in [-0.4, -0.2) is 23.5 Å². The van der Waals surface area contributed by atoms with Crippen molar-refractivity contribution < 1.29 is 9.59 Å². The Morgan fingerprint density at radius 1 is 1.21 bits per heavy atom. The van der Waals surface area contributed by atoms with Gasteiger partial charge < -0.3 is 4.90 Å². The summed E-state index contributed by atoms with van der Waals surface area (Å²) in [6.45, 7) is 4.15. The molecule has 0 bridgehead atoms. The normalized spacial score (nSPS) is 14.4. The minimum absolute atomic E-state index is 0.0375. The summed E-state index contributed by atoms with van der Waals surface area (Å²) in [5, 5.41) is 0.432. The van der Waals surface area contributed by atoms with Gasteiger partial charge in [0.2, 0.25) is 5.91 Å². The highest BCUT2D eigenvalue weighted by Gasteiger charge is 2.24. The summed E-state index contributed by atoms with van der Waals surface area (Å²) in [4.78, 5) is 27.0. The predicted octanol–water partition coefficient (Wildman–Crippen LogP) is 4.61. The number of amides is 1. The van der Waals surface area contributed by atoms with Crippen LogP contribution in [0.3, 0.4) is 0 Å². The predicted molar refractivity (Wildman–Crippen MR) is 99.3 cm³/mol. The SMILES string of the molecule is CC(=O)N1CCc2cc(C(=O)[C@H](C)Sc3ccccc3Cl)ccc21. The van der Waals surface area contributed by atoms with Crippen LogP contribution < -0.4 is 4.90 Å². The first-order valence-corrected chi connectivity index (χ1v) is 9.09. The number of Topliss-reactive ketones (excluding diaryl/α,β-unsaturated/α-hetero) is 1. The van der Waals surface area contributed by atoms with E-state index in [0.717, 1.165) is 22.6 Å². The van der Waals surface area contributed by atoms with Gasteiger partial charge in [-0.3, -0.25) is 9.59 Å². The second kappa shape index (κ2) is 6.99. The third-order valence-electron chi connectivity index (χ3n) is 4.15. The summed E-state index contributed by atoms with van der Waals surface area (Å²) in [6, 6.07) is 13.1. The number of thioether (sulfide) groups is 1. The number of anilines is 1. The van der Waals surface area contributed by atoms with E-state index >= 15 is 0 Å². The lowest BCUT2D eigenvalue weighted by atomic mass is 10.0. The molecule has 2 aromatic rings. The molecule has 0 saturated carbocycles. The van der Waals surface area contributed by atoms with Gasteiger partial charge in [-0.15, -0.1) is 11.8 Å². The molecule has 0 aliphatic carbocycles. The first-order valence-electron chi connectivity index (χ1n) is 7.84. The van der Waals surface area contributed by atoms with E-state index in [9.17, 15) is 9.59 Å². The molecule has 0 saturated heterocycles. The zero-order chi connectivity index (χ0) is 17.3. The van der Waals surface area contributed by atoms with Crippen LogP contribution in [0.5, 0.6) is 0 Å². The lowest BCUT2D eigenvalue weighted by Crippen LogP contribution is -2.25. The van der Waals surface area contributed by atoms with Gasteiger partial charge in [-0.1, -0.05) is 23.7 Å². The van der Waals surface area contributed by atoms with Gasteiger partial charge in [-0.05, 0) is 49.2 Å². The Balaban J connectivity index is 1.78. The molecule has 0 radical (unpaired) electrons. The second-order valence-corrected chi connectivity index (χ2v) is 7.61. The van der Waals surface area contributed by atoms with Crippen molar-refractivity contribution in [2.45, 2.75) is 30.4 Å². The maximum Gasteiger partial charge on any atom is 0.223 e. The van der Waals surface area contributed by atoms with Crippen molar-refractivity contribution in [3.63, 3.8) is 0 Å². The van der Waals surface area contributed by atoms with Gasteiger partial charge in [0.1, 0.15) is 0 Å². The molecule has 124 valence electrons. The average Bonchev–Trinajstić information content (AvgIpc) is 2.99. The van der Waals surface area contributed by atoms with Crippen molar-refractivity contribution in [3.8, 4) is 0 Å². The molecular weight excluding hydrogens is 342 g/mol. The lowest BCUT2D eigenvalue weighted by Gasteiger charge is -2.15. The van der Waals surface area contributed by atoms with Crippen molar-refractivity contribution >= 4 is 40.7 Å². The molecule has 24 heavy (non-hydrogen) atoms. The van der Waals surface area contributed by atoms with Crippen molar-refractivity contribution in [1.82, 2.24) is 0 Å². The highest BCUT2D eigenvalue weighted by atomic mass is 35.5. The molecule has 3 rings (SSSR count). The average molecular weight is 360 g/mol. The number of rotatable bonds is 4. The fourth-order valence-electron chi connectivity index (χ4n) is 2.90. The molecule has 0 spiro atoms. The molecule has 1 atom stereocenters. The Hall–Kier alpha value is -1.78. The Morgan fingerprint density at radius 3 is 2.67 bits per heavy atom. The van der Waals surface area contributed by atoms with Gasteiger partial charge in [0.25, 0.3) is 0 Å². The largest absolute Gasteiger partial charge is 0.312 e. The Morgan fingerprint density at radius 2 is 1.96 bits per heavy atom. The number of carbonyl (C=O) groups is 2. The lowest BCUT2D eigenvalue weighted by molar-refractivity contribution is -0.116. The van der Waals surface area contributed by atoms with Gasteiger partial charge in [0.15, 0.2) is 5.78 Å². The Kier molecular flexibility index (Phi) is 4.97. The van der Waals surface area contributed by atoms with Crippen molar-refractivity contribution in [1.29, 1.82) is 0 Å². The highest BCUT2D eigenvalue weighted by Crippen LogP contribution is 2.33. The fraction of sp³-hybridized carbons (Fsp3) is 0.263. The zero-order valence-corrected chi connectivity index (χ0v) is 15.2. The van der Waals surface area contributed by atoms with Gasteiger partial charge in [-0.2, -0.15) is 0 Å². The van der Waals surface area contributed by atoms with E-state index in [1.807, 2.05) is 49.4 Å². The molecule has 0 aromatic heterocycles. The fourth-order valence-corrected chi connectivity index (χ4v) is 4.13. The molecule has 1 aliphatic rings. The molecule has 1 heterocycles. The molecular formula is C19H18ClNO2S. The van der Waals surface area contributed by atoms with Crippen LogP contribution in [0.4, 0.5) is 5.69 Å². The number of fused-ring (bicyclic) bond motifs is 1. The molecule has 5 heteroatoms. The first kappa shape index (κ1) is 17.1. The number of nitrogens with zero attached hydrogens (tertiary/aromatic N) is 1. The molecule has 1 aliphatic heterocycles. The van der Waals surface area contributed by atoms with Crippen LogP contribution in [0.2, 0.25) is 5.02 Å². The van der Waals surface area contributed by atoms with E-state index in [1.165, 1.54) is 11.8 Å². The monoisotopic (exact) mass is 359 g/mol. The van der Waals surface area contributed by atoms with Crippen LogP contribution in [0.25, 0.3) is 0 Å².